The minimum Gasteiger partial charge on any atom is -0.497 e. The summed E-state index contributed by atoms with van der Waals surface area (Å²) in [5.74, 6) is 1.64. The van der Waals surface area contributed by atoms with Crippen molar-refractivity contribution in [3.05, 3.63) is 114 Å². The van der Waals surface area contributed by atoms with Gasteiger partial charge in [0.15, 0.2) is 5.65 Å². The van der Waals surface area contributed by atoms with E-state index < -0.39 is 38.5 Å². The molecule has 5 atom stereocenters. The molecule has 1 saturated heterocycles. The van der Waals surface area contributed by atoms with Crippen LogP contribution < -0.4 is 15.2 Å². The number of nitrogens with two attached hydrogens (primary N) is 1. The van der Waals surface area contributed by atoms with E-state index in [2.05, 4.69) is 64.7 Å². The van der Waals surface area contributed by atoms with Crippen LogP contribution in [0.5, 0.6) is 11.5 Å². The molecule has 3 heterocycles. The highest BCUT2D eigenvalue weighted by Crippen LogP contribution is 2.53. The largest absolute Gasteiger partial charge is 0.497 e. The zero-order valence-electron chi connectivity index (χ0n) is 33.2. The van der Waals surface area contributed by atoms with Gasteiger partial charge in [-0.25, -0.2) is 14.6 Å². The summed E-state index contributed by atoms with van der Waals surface area (Å²) >= 11 is 0. The quantitative estimate of drug-likeness (QED) is 0.0410. The molecule has 56 heavy (non-hydrogen) atoms. The molecule has 2 N–H and O–H groups in total. The highest BCUT2D eigenvalue weighted by Gasteiger charge is 2.52. The molecule has 6 rings (SSSR count). The Bertz CT molecular complexity index is 1960. The molecular weight excluding hydrogens is 733 g/mol. The molecule has 5 unspecified atom stereocenters. The number of aromatic nitrogens is 4. The molecule has 0 aliphatic carbocycles. The van der Waals surface area contributed by atoms with E-state index in [1.165, 1.54) is 10.8 Å². The van der Waals surface area contributed by atoms with Gasteiger partial charge in [-0.2, -0.15) is 9.61 Å². The van der Waals surface area contributed by atoms with Crippen LogP contribution in [0, 0.1) is 0 Å². The number of hydrogen-bond acceptors (Lipinski definition) is 13. The second-order valence-electron chi connectivity index (χ2n) is 13.8. The third-order valence-electron chi connectivity index (χ3n) is 9.72. The van der Waals surface area contributed by atoms with Crippen molar-refractivity contribution in [2.75, 3.05) is 33.7 Å². The summed E-state index contributed by atoms with van der Waals surface area (Å²) in [7, 11) is 3.19. The summed E-state index contributed by atoms with van der Waals surface area (Å²) in [5, 5.41) is 8.81. The van der Waals surface area contributed by atoms with Crippen LogP contribution in [0.1, 0.15) is 69.4 Å². The number of hydrogen-bond donors (Lipinski definition) is 1. The maximum atomic E-state index is 7.31. The minimum atomic E-state index is -1.75. The summed E-state index contributed by atoms with van der Waals surface area (Å²) < 4.78 is 48.6. The lowest BCUT2D eigenvalue weighted by Crippen LogP contribution is -2.41. The van der Waals surface area contributed by atoms with Crippen molar-refractivity contribution < 1.29 is 32.8 Å². The summed E-state index contributed by atoms with van der Waals surface area (Å²) in [5.41, 5.74) is 8.94. The number of fused-ring (bicyclic) bond motifs is 1. The molecular formula is C41H52N7O7P. The minimum absolute atomic E-state index is 0.0730. The van der Waals surface area contributed by atoms with Gasteiger partial charge in [-0.15, -0.1) is 0 Å². The van der Waals surface area contributed by atoms with Crippen LogP contribution in [0.3, 0.4) is 0 Å². The van der Waals surface area contributed by atoms with E-state index in [0.717, 1.165) is 28.2 Å². The lowest BCUT2D eigenvalue weighted by atomic mass is 9.80. The molecule has 2 aromatic heterocycles. The first-order valence-corrected chi connectivity index (χ1v) is 19.8. The number of methoxy groups -OCH3 is 3. The number of anilines is 1. The predicted molar refractivity (Wildman–Crippen MR) is 216 cm³/mol. The van der Waals surface area contributed by atoms with Crippen LogP contribution in [-0.4, -0.2) is 88.8 Å². The third kappa shape index (κ3) is 8.36. The van der Waals surface area contributed by atoms with Gasteiger partial charge in [0, 0.05) is 31.0 Å². The van der Waals surface area contributed by atoms with Crippen LogP contribution in [-0.2, 0) is 29.0 Å². The topological polar surface area (TPSA) is 149 Å². The van der Waals surface area contributed by atoms with Crippen LogP contribution >= 0.6 is 8.53 Å². The average molecular weight is 786 g/mol. The van der Waals surface area contributed by atoms with Crippen molar-refractivity contribution in [3.8, 4) is 11.5 Å². The zero-order chi connectivity index (χ0) is 39.8. The number of rotatable bonds is 18. The van der Waals surface area contributed by atoms with Gasteiger partial charge >= 0.3 is 8.53 Å². The number of nitrogens with zero attached hydrogens (tertiary/aromatic N) is 6. The van der Waals surface area contributed by atoms with E-state index >= 15 is 0 Å². The Kier molecular flexibility index (Phi) is 13.5. The van der Waals surface area contributed by atoms with E-state index in [-0.39, 0.29) is 24.6 Å². The summed E-state index contributed by atoms with van der Waals surface area (Å²) in [6, 6.07) is 26.1. The molecule has 1 fully saturated rings. The normalized spacial score (nSPS) is 19.4. The van der Waals surface area contributed by atoms with Gasteiger partial charge in [0.2, 0.25) is 5.95 Å². The van der Waals surface area contributed by atoms with Crippen molar-refractivity contribution in [1.82, 2.24) is 24.3 Å². The van der Waals surface area contributed by atoms with Crippen LogP contribution in [0.25, 0.3) is 5.65 Å². The molecule has 0 saturated carbocycles. The first kappa shape index (κ1) is 41.0. The van der Waals surface area contributed by atoms with Crippen molar-refractivity contribution in [1.29, 1.82) is 0 Å². The number of ether oxygens (including phenoxy) is 5. The average Bonchev–Trinajstić information content (AvgIpc) is 3.80. The molecule has 15 heteroatoms. The Morgan fingerprint density at radius 2 is 1.48 bits per heavy atom. The first-order chi connectivity index (χ1) is 27.2. The molecule has 0 bridgehead atoms. The molecule has 5 aromatic rings. The van der Waals surface area contributed by atoms with Gasteiger partial charge in [0.25, 0.3) is 0 Å². The second kappa shape index (κ2) is 18.5. The van der Waals surface area contributed by atoms with Crippen molar-refractivity contribution in [3.63, 3.8) is 0 Å². The van der Waals surface area contributed by atoms with E-state index in [0.29, 0.717) is 17.6 Å². The Balaban J connectivity index is 1.46. The second-order valence-corrected chi connectivity index (χ2v) is 15.1. The van der Waals surface area contributed by atoms with Crippen LogP contribution in [0.15, 0.2) is 96.5 Å². The summed E-state index contributed by atoms with van der Waals surface area (Å²) in [4.78, 5) is 8.67. The lowest BCUT2D eigenvalue weighted by Gasteiger charge is -2.37. The van der Waals surface area contributed by atoms with Crippen molar-refractivity contribution in [2.24, 2.45) is 5.16 Å². The number of benzene rings is 3. The van der Waals surface area contributed by atoms with Gasteiger partial charge in [-0.3, -0.25) is 0 Å². The molecule has 0 spiro atoms. The fourth-order valence-electron chi connectivity index (χ4n) is 7.19. The summed E-state index contributed by atoms with van der Waals surface area (Å²) in [6.45, 7) is 10.5. The monoisotopic (exact) mass is 785 g/mol. The van der Waals surface area contributed by atoms with Gasteiger partial charge in [-0.05, 0) is 75.1 Å². The molecule has 1 aliphatic heterocycles. The first-order valence-electron chi connectivity index (χ1n) is 18.7. The molecule has 0 amide bonds. The van der Waals surface area contributed by atoms with Gasteiger partial charge < -0.3 is 38.6 Å². The number of oxime groups is 1. The standard InChI is InChI=1S/C41H52N7O7P/c1-9-23-46-55-56(48(27(2)3)28(4)5)54-38-36(34-24-45-47-39(34)43-26-44-40(47)42)53-35(37(38)51-8)25-52-41(29-13-11-10-12-14-29,30-15-19-32(49-6)20-16-30)31-17-21-33(50-7)22-18-31/h10-24,26-28,35-38H,9,25H2,1-8H3,(H2,42,43,44)/b46-23+. The third-order valence-corrected chi connectivity index (χ3v) is 11.7. The Hall–Kier alpha value is -4.69. The Morgan fingerprint density at radius 3 is 2.04 bits per heavy atom. The fraction of sp³-hybridized carbons (Fsp3) is 0.415. The highest BCUT2D eigenvalue weighted by atomic mass is 31.2. The predicted octanol–water partition coefficient (Wildman–Crippen LogP) is 7.33. The van der Waals surface area contributed by atoms with E-state index in [9.17, 15) is 0 Å². The number of nitrogen functional groups attached to an aromatic ring is 1. The van der Waals surface area contributed by atoms with Gasteiger partial charge in [0.05, 0.1) is 27.0 Å². The molecule has 3 aromatic carbocycles. The van der Waals surface area contributed by atoms with Crippen LogP contribution in [0.2, 0.25) is 0 Å². The van der Waals surface area contributed by atoms with E-state index in [1.807, 2.05) is 73.7 Å². The molecule has 298 valence electrons. The fourth-order valence-corrected chi connectivity index (χ4v) is 8.76. The van der Waals surface area contributed by atoms with E-state index in [4.69, 9.17) is 38.6 Å². The molecule has 0 radical (unpaired) electrons. The smallest absolute Gasteiger partial charge is 0.347 e. The maximum absolute atomic E-state index is 7.31. The van der Waals surface area contributed by atoms with Crippen molar-refractivity contribution in [2.45, 2.75) is 83.1 Å². The van der Waals surface area contributed by atoms with Gasteiger partial charge in [-0.1, -0.05) is 66.7 Å². The maximum Gasteiger partial charge on any atom is 0.347 e. The molecule has 14 nitrogen and oxygen atoms in total. The van der Waals surface area contributed by atoms with E-state index in [1.54, 1.807) is 33.7 Å². The molecule has 1 aliphatic rings. The SMILES string of the molecule is CC/C=N/OP(OC1C(c2cnn3c(N)ncnc23)OC(COC(c2ccccc2)(c2ccc(OC)cc2)c2ccc(OC)cc2)C1OC)N(C(C)C)C(C)C. The van der Waals surface area contributed by atoms with Gasteiger partial charge in [0.1, 0.15) is 47.8 Å². The Labute approximate surface area is 329 Å². The highest BCUT2D eigenvalue weighted by molar-refractivity contribution is 7.44. The van der Waals surface area contributed by atoms with Crippen molar-refractivity contribution >= 4 is 26.3 Å². The zero-order valence-corrected chi connectivity index (χ0v) is 34.1. The van der Waals surface area contributed by atoms with Crippen LogP contribution in [0.4, 0.5) is 5.95 Å². The summed E-state index contributed by atoms with van der Waals surface area (Å²) in [6.07, 6.45) is 2.79. The Morgan fingerprint density at radius 1 is 0.875 bits per heavy atom. The lowest BCUT2D eigenvalue weighted by molar-refractivity contribution is -0.0890.